The van der Waals surface area contributed by atoms with Crippen molar-refractivity contribution >= 4 is 21.4 Å². The Hall–Kier alpha value is -2.52. The minimum absolute atomic E-state index is 0.237. The fraction of sp³-hybridized carbons (Fsp3) is 0.353. The van der Waals surface area contributed by atoms with Crippen LogP contribution in [0.3, 0.4) is 0 Å². The number of hydrogen-bond acceptors (Lipinski definition) is 6. The van der Waals surface area contributed by atoms with E-state index in [-0.39, 0.29) is 10.6 Å². The minimum atomic E-state index is -4.01. The number of aromatic nitrogens is 1. The van der Waals surface area contributed by atoms with Crippen LogP contribution in [-0.2, 0) is 16.4 Å². The van der Waals surface area contributed by atoms with Crippen molar-refractivity contribution in [2.24, 2.45) is 11.1 Å². The molecule has 138 valence electrons. The van der Waals surface area contributed by atoms with Crippen molar-refractivity contribution in [2.45, 2.75) is 24.2 Å². The number of nitro benzene ring substituents is 1. The summed E-state index contributed by atoms with van der Waals surface area (Å²) in [4.78, 5) is 16.4. The maximum absolute atomic E-state index is 11.6. The summed E-state index contributed by atoms with van der Waals surface area (Å²) in [6, 6.07) is 7.77. The van der Waals surface area contributed by atoms with Crippen molar-refractivity contribution < 1.29 is 13.3 Å². The molecule has 3 rings (SSSR count). The Balaban J connectivity index is 1.74. The Morgan fingerprint density at radius 1 is 1.27 bits per heavy atom. The number of sulfonamides is 1. The smallest absolute Gasteiger partial charge is 0.272 e. The first-order chi connectivity index (χ1) is 12.3. The number of benzene rings is 1. The van der Waals surface area contributed by atoms with Crippen molar-refractivity contribution in [2.75, 3.05) is 18.0 Å². The van der Waals surface area contributed by atoms with E-state index in [4.69, 9.17) is 5.14 Å². The van der Waals surface area contributed by atoms with E-state index in [0.717, 1.165) is 25.3 Å². The Morgan fingerprint density at radius 2 is 2.00 bits per heavy atom. The Labute approximate surface area is 151 Å². The van der Waals surface area contributed by atoms with Crippen LogP contribution >= 0.6 is 0 Å². The summed E-state index contributed by atoms with van der Waals surface area (Å²) in [7, 11) is -4.01. The molecule has 1 aromatic heterocycles. The lowest BCUT2D eigenvalue weighted by Gasteiger charge is -2.33. The van der Waals surface area contributed by atoms with Gasteiger partial charge in [0.25, 0.3) is 5.69 Å². The molecule has 0 bridgehead atoms. The number of nitro groups is 1. The van der Waals surface area contributed by atoms with Gasteiger partial charge >= 0.3 is 0 Å². The van der Waals surface area contributed by atoms with Crippen molar-refractivity contribution in [3.63, 3.8) is 0 Å². The molecule has 0 saturated carbocycles. The fourth-order valence-electron chi connectivity index (χ4n) is 3.27. The summed E-state index contributed by atoms with van der Waals surface area (Å²) in [6.07, 6.45) is 6.40. The molecule has 0 amide bonds. The molecular formula is C17H20N4O4S. The Morgan fingerprint density at radius 3 is 2.58 bits per heavy atom. The van der Waals surface area contributed by atoms with Crippen LogP contribution in [0.4, 0.5) is 11.4 Å². The third kappa shape index (κ3) is 4.36. The van der Waals surface area contributed by atoms with Gasteiger partial charge in [-0.3, -0.25) is 15.1 Å². The molecule has 0 spiro atoms. The van der Waals surface area contributed by atoms with Gasteiger partial charge in [-0.1, -0.05) is 6.07 Å². The Kier molecular flexibility index (Phi) is 5.19. The van der Waals surface area contributed by atoms with Crippen LogP contribution < -0.4 is 10.0 Å². The number of primary sulfonamides is 1. The molecule has 0 aliphatic carbocycles. The second kappa shape index (κ2) is 7.38. The number of hydrogen-bond donors (Lipinski definition) is 1. The molecule has 1 fully saturated rings. The van der Waals surface area contributed by atoms with Crippen LogP contribution in [0.1, 0.15) is 18.4 Å². The molecule has 0 atom stereocenters. The first-order valence-corrected chi connectivity index (χ1v) is 9.84. The van der Waals surface area contributed by atoms with E-state index in [1.165, 1.54) is 17.7 Å². The van der Waals surface area contributed by atoms with E-state index in [1.54, 1.807) is 6.20 Å². The second-order valence-electron chi connectivity index (χ2n) is 6.48. The highest BCUT2D eigenvalue weighted by Gasteiger charge is 2.23. The third-order valence-corrected chi connectivity index (χ3v) is 5.54. The van der Waals surface area contributed by atoms with Gasteiger partial charge in [-0.2, -0.15) is 0 Å². The third-order valence-electron chi connectivity index (χ3n) is 4.64. The van der Waals surface area contributed by atoms with Gasteiger partial charge in [0.15, 0.2) is 0 Å². The number of nitrogens with zero attached hydrogens (tertiary/aromatic N) is 3. The summed E-state index contributed by atoms with van der Waals surface area (Å²) in [5.74, 6) is 0.506. The first-order valence-electron chi connectivity index (χ1n) is 8.29. The van der Waals surface area contributed by atoms with E-state index in [2.05, 4.69) is 11.1 Å². The number of rotatable bonds is 5. The zero-order chi connectivity index (χ0) is 18.7. The average Bonchev–Trinajstić information content (AvgIpc) is 2.62. The van der Waals surface area contributed by atoms with Crippen LogP contribution in [0.15, 0.2) is 47.6 Å². The molecule has 2 heterocycles. The lowest BCUT2D eigenvalue weighted by atomic mass is 9.90. The van der Waals surface area contributed by atoms with E-state index >= 15 is 0 Å². The van der Waals surface area contributed by atoms with Gasteiger partial charge in [-0.05, 0) is 42.9 Å². The summed E-state index contributed by atoms with van der Waals surface area (Å²) in [5.41, 5.74) is 1.44. The Bertz CT molecular complexity index is 894. The number of anilines is 1. The van der Waals surface area contributed by atoms with Crippen LogP contribution in [0.5, 0.6) is 0 Å². The van der Waals surface area contributed by atoms with E-state index in [9.17, 15) is 18.5 Å². The molecule has 2 aromatic rings. The second-order valence-corrected chi connectivity index (χ2v) is 8.04. The fourth-order valence-corrected chi connectivity index (χ4v) is 3.84. The van der Waals surface area contributed by atoms with Crippen LogP contribution in [0, 0.1) is 16.0 Å². The van der Waals surface area contributed by atoms with Crippen LogP contribution in [0.2, 0.25) is 0 Å². The molecule has 0 unspecified atom stereocenters. The number of nitrogens with two attached hydrogens (primary N) is 1. The zero-order valence-corrected chi connectivity index (χ0v) is 14.9. The molecule has 1 aliphatic heterocycles. The molecule has 1 saturated heterocycles. The zero-order valence-electron chi connectivity index (χ0n) is 14.1. The average molecular weight is 376 g/mol. The number of piperidine rings is 1. The summed E-state index contributed by atoms with van der Waals surface area (Å²) in [6.45, 7) is 1.41. The normalized spacial score (nSPS) is 15.8. The lowest BCUT2D eigenvalue weighted by molar-refractivity contribution is -0.385. The highest BCUT2D eigenvalue weighted by atomic mass is 32.2. The van der Waals surface area contributed by atoms with Crippen molar-refractivity contribution in [3.8, 4) is 0 Å². The standard InChI is InChI=1S/C17H20N4O4S/c18-26(24,25)17-10-15(9-16(11-17)21(22)23)20-6-3-13(4-7-20)8-14-2-1-5-19-12-14/h1-2,5,9-13H,3-4,6-8H2,(H2,18,24,25). The van der Waals surface area contributed by atoms with Gasteiger partial charge in [-0.25, -0.2) is 13.6 Å². The molecule has 0 radical (unpaired) electrons. The van der Waals surface area contributed by atoms with Crippen molar-refractivity contribution in [1.29, 1.82) is 0 Å². The monoisotopic (exact) mass is 376 g/mol. The maximum atomic E-state index is 11.6. The molecule has 26 heavy (non-hydrogen) atoms. The lowest BCUT2D eigenvalue weighted by Crippen LogP contribution is -2.34. The van der Waals surface area contributed by atoms with Gasteiger partial charge < -0.3 is 4.90 Å². The quantitative estimate of drug-likeness (QED) is 0.630. The molecule has 8 nitrogen and oxygen atoms in total. The summed E-state index contributed by atoms with van der Waals surface area (Å²) in [5, 5.41) is 16.3. The first kappa shape index (κ1) is 18.3. The summed E-state index contributed by atoms with van der Waals surface area (Å²) >= 11 is 0. The van der Waals surface area contributed by atoms with Crippen molar-refractivity contribution in [1.82, 2.24) is 4.98 Å². The summed E-state index contributed by atoms with van der Waals surface area (Å²) < 4.78 is 23.3. The number of pyridine rings is 1. The van der Waals surface area contributed by atoms with Crippen LogP contribution in [0.25, 0.3) is 0 Å². The van der Waals surface area contributed by atoms with Gasteiger partial charge in [0, 0.05) is 43.3 Å². The molecule has 9 heteroatoms. The van der Waals surface area contributed by atoms with Gasteiger partial charge in [0.2, 0.25) is 10.0 Å². The van der Waals surface area contributed by atoms with E-state index in [0.29, 0.717) is 24.7 Å². The van der Waals surface area contributed by atoms with Crippen LogP contribution in [-0.4, -0.2) is 31.4 Å². The van der Waals surface area contributed by atoms with Crippen molar-refractivity contribution in [3.05, 3.63) is 58.4 Å². The maximum Gasteiger partial charge on any atom is 0.272 e. The largest absolute Gasteiger partial charge is 0.371 e. The molecular weight excluding hydrogens is 356 g/mol. The van der Waals surface area contributed by atoms with Gasteiger partial charge in [0.1, 0.15) is 0 Å². The molecule has 2 N–H and O–H groups in total. The predicted molar refractivity (Wildman–Crippen MR) is 97.3 cm³/mol. The van der Waals surface area contributed by atoms with Gasteiger partial charge in [-0.15, -0.1) is 0 Å². The predicted octanol–water partition coefficient (Wildman–Crippen LogP) is 2.10. The highest BCUT2D eigenvalue weighted by molar-refractivity contribution is 7.89. The SMILES string of the molecule is NS(=O)(=O)c1cc(N2CCC(Cc3cccnc3)CC2)cc([N+](=O)[O-])c1. The minimum Gasteiger partial charge on any atom is -0.371 e. The topological polar surface area (TPSA) is 119 Å². The molecule has 1 aliphatic rings. The molecule has 1 aromatic carbocycles. The van der Waals surface area contributed by atoms with E-state index in [1.807, 2.05) is 17.2 Å². The van der Waals surface area contributed by atoms with E-state index < -0.39 is 14.9 Å². The highest BCUT2D eigenvalue weighted by Crippen LogP contribution is 2.30. The number of non-ortho nitro benzene ring substituents is 1. The van der Waals surface area contributed by atoms with Gasteiger partial charge in [0.05, 0.1) is 9.82 Å².